The molecule has 1 spiro atoms. The fourth-order valence-corrected chi connectivity index (χ4v) is 4.73. The monoisotopic (exact) mass is 369 g/mol. The van der Waals surface area contributed by atoms with Crippen LogP contribution in [0.4, 0.5) is 0 Å². The predicted molar refractivity (Wildman–Crippen MR) is 101 cm³/mol. The molecule has 2 aliphatic rings. The number of hydrogen-bond donors (Lipinski definition) is 1. The molecule has 0 bridgehead atoms. The number of aliphatic hydroxyl groups is 1. The Morgan fingerprint density at radius 3 is 2.67 bits per heavy atom. The van der Waals surface area contributed by atoms with Crippen molar-refractivity contribution in [2.75, 3.05) is 32.8 Å². The molecule has 0 saturated carbocycles. The molecule has 6 nitrogen and oxygen atoms in total. The first-order valence-electron chi connectivity index (χ1n) is 9.68. The van der Waals surface area contributed by atoms with Crippen LogP contribution in [0.15, 0.2) is 41.1 Å². The second-order valence-corrected chi connectivity index (χ2v) is 7.96. The summed E-state index contributed by atoms with van der Waals surface area (Å²) in [5.41, 5.74) is 2.04. The van der Waals surface area contributed by atoms with E-state index in [0.29, 0.717) is 24.5 Å². The molecule has 0 aliphatic carbocycles. The van der Waals surface area contributed by atoms with Crippen LogP contribution in [0.1, 0.15) is 34.7 Å². The maximum Gasteiger partial charge on any atom is 0.291 e. The van der Waals surface area contributed by atoms with Gasteiger partial charge in [0.2, 0.25) is 5.76 Å². The summed E-state index contributed by atoms with van der Waals surface area (Å²) in [6.07, 6.45) is 3.17. The lowest BCUT2D eigenvalue weighted by molar-refractivity contribution is 0.0380. The van der Waals surface area contributed by atoms with Crippen molar-refractivity contribution in [3.8, 4) is 0 Å². The molecule has 1 atom stereocenters. The van der Waals surface area contributed by atoms with E-state index in [0.717, 1.165) is 32.5 Å². The van der Waals surface area contributed by atoms with E-state index in [1.807, 2.05) is 11.0 Å². The number of amides is 1. The van der Waals surface area contributed by atoms with E-state index in [4.69, 9.17) is 4.42 Å². The number of aryl methyl sites for hydroxylation is 1. The number of carbonyl (C=O) groups is 1. The van der Waals surface area contributed by atoms with Gasteiger partial charge in [0.15, 0.2) is 6.39 Å². The van der Waals surface area contributed by atoms with Crippen LogP contribution in [-0.2, 0) is 6.54 Å². The summed E-state index contributed by atoms with van der Waals surface area (Å²) in [6, 6.07) is 10.5. The molecule has 3 heterocycles. The minimum atomic E-state index is -0.0699. The van der Waals surface area contributed by atoms with Gasteiger partial charge in [-0.25, -0.2) is 4.98 Å². The van der Waals surface area contributed by atoms with Gasteiger partial charge in [0.25, 0.3) is 5.91 Å². The molecule has 144 valence electrons. The third-order valence-electron chi connectivity index (χ3n) is 6.34. The normalized spacial score (nSPS) is 22.4. The highest BCUT2D eigenvalue weighted by Gasteiger charge is 2.48. The third kappa shape index (κ3) is 3.51. The molecule has 1 unspecified atom stereocenters. The van der Waals surface area contributed by atoms with Crippen molar-refractivity contribution in [1.29, 1.82) is 0 Å². The van der Waals surface area contributed by atoms with Gasteiger partial charge < -0.3 is 14.4 Å². The van der Waals surface area contributed by atoms with Gasteiger partial charge in [-0.1, -0.05) is 30.3 Å². The van der Waals surface area contributed by atoms with Crippen molar-refractivity contribution in [2.45, 2.75) is 26.3 Å². The fraction of sp³-hybridized carbons (Fsp3) is 0.524. The molecule has 4 rings (SSSR count). The number of nitrogens with zero attached hydrogens (tertiary/aromatic N) is 3. The fourth-order valence-electron chi connectivity index (χ4n) is 4.73. The average Bonchev–Trinajstić information content (AvgIpc) is 3.26. The average molecular weight is 369 g/mol. The Hall–Kier alpha value is -2.18. The number of oxazole rings is 1. The van der Waals surface area contributed by atoms with E-state index in [1.165, 1.54) is 12.0 Å². The second kappa shape index (κ2) is 7.44. The highest BCUT2D eigenvalue weighted by molar-refractivity contribution is 5.92. The zero-order chi connectivity index (χ0) is 18.9. The van der Waals surface area contributed by atoms with E-state index in [1.54, 1.807) is 6.92 Å². The molecule has 0 radical (unpaired) electrons. The Balaban J connectivity index is 1.41. The van der Waals surface area contributed by atoms with Gasteiger partial charge in [0, 0.05) is 45.2 Å². The highest BCUT2D eigenvalue weighted by Crippen LogP contribution is 2.45. The smallest absolute Gasteiger partial charge is 0.291 e. The minimum absolute atomic E-state index is 0.0699. The van der Waals surface area contributed by atoms with Gasteiger partial charge in [-0.15, -0.1) is 0 Å². The second-order valence-electron chi connectivity index (χ2n) is 7.96. The minimum Gasteiger partial charge on any atom is -0.438 e. The largest absolute Gasteiger partial charge is 0.438 e. The highest BCUT2D eigenvalue weighted by atomic mass is 16.3. The van der Waals surface area contributed by atoms with Crippen LogP contribution in [0.5, 0.6) is 0 Å². The Kier molecular flexibility index (Phi) is 5.02. The number of aromatic nitrogens is 1. The molecular weight excluding hydrogens is 342 g/mol. The van der Waals surface area contributed by atoms with Crippen LogP contribution in [0.3, 0.4) is 0 Å². The summed E-state index contributed by atoms with van der Waals surface area (Å²) in [6.45, 7) is 6.22. The molecular formula is C21H27N3O3. The number of benzene rings is 1. The van der Waals surface area contributed by atoms with Crippen LogP contribution >= 0.6 is 0 Å². The SMILES string of the molecule is Cc1ncoc1C(=O)N1CCC2(CC1)CN(Cc1ccccc1)CC2CO. The van der Waals surface area contributed by atoms with Gasteiger partial charge in [0.05, 0.1) is 5.69 Å². The van der Waals surface area contributed by atoms with Crippen molar-refractivity contribution in [3.05, 3.63) is 53.7 Å². The van der Waals surface area contributed by atoms with Crippen molar-refractivity contribution < 1.29 is 14.3 Å². The van der Waals surface area contributed by atoms with E-state index < -0.39 is 0 Å². The Morgan fingerprint density at radius 1 is 1.30 bits per heavy atom. The van der Waals surface area contributed by atoms with Crippen LogP contribution in [0, 0.1) is 18.3 Å². The molecule has 2 aromatic rings. The first-order chi connectivity index (χ1) is 13.1. The van der Waals surface area contributed by atoms with Crippen LogP contribution in [0.2, 0.25) is 0 Å². The lowest BCUT2D eigenvalue weighted by Crippen LogP contribution is -2.47. The zero-order valence-electron chi connectivity index (χ0n) is 15.8. The topological polar surface area (TPSA) is 69.8 Å². The van der Waals surface area contributed by atoms with E-state index >= 15 is 0 Å². The van der Waals surface area contributed by atoms with Crippen molar-refractivity contribution in [1.82, 2.24) is 14.8 Å². The van der Waals surface area contributed by atoms with Crippen LogP contribution < -0.4 is 0 Å². The maximum absolute atomic E-state index is 12.7. The van der Waals surface area contributed by atoms with Gasteiger partial charge in [0.1, 0.15) is 0 Å². The summed E-state index contributed by atoms with van der Waals surface area (Å²) in [5, 5.41) is 10.00. The molecule has 1 aromatic heterocycles. The number of hydrogen-bond acceptors (Lipinski definition) is 5. The Labute approximate surface area is 159 Å². The molecule has 27 heavy (non-hydrogen) atoms. The van der Waals surface area contributed by atoms with E-state index in [-0.39, 0.29) is 23.8 Å². The molecule has 1 amide bonds. The number of rotatable bonds is 4. The van der Waals surface area contributed by atoms with Gasteiger partial charge >= 0.3 is 0 Å². The van der Waals surface area contributed by atoms with Crippen LogP contribution in [0.25, 0.3) is 0 Å². The summed E-state index contributed by atoms with van der Waals surface area (Å²) in [7, 11) is 0. The number of aliphatic hydroxyl groups excluding tert-OH is 1. The summed E-state index contributed by atoms with van der Waals surface area (Å²) >= 11 is 0. The number of carbonyl (C=O) groups excluding carboxylic acids is 1. The number of likely N-dealkylation sites (tertiary alicyclic amines) is 2. The molecule has 1 aromatic carbocycles. The van der Waals surface area contributed by atoms with Gasteiger partial charge in [-0.2, -0.15) is 0 Å². The van der Waals surface area contributed by atoms with E-state index in [2.05, 4.69) is 34.1 Å². The van der Waals surface area contributed by atoms with Crippen molar-refractivity contribution >= 4 is 5.91 Å². The standard InChI is InChI=1S/C21H27N3O3/c1-16-19(27-15-22-16)20(26)24-9-7-21(8-10-24)14-23(12-18(21)13-25)11-17-5-3-2-4-6-17/h2-6,15,18,25H,7-14H2,1H3. The maximum atomic E-state index is 12.7. The summed E-state index contributed by atoms with van der Waals surface area (Å²) < 4.78 is 5.27. The first-order valence-corrected chi connectivity index (χ1v) is 9.68. The quantitative estimate of drug-likeness (QED) is 0.896. The third-order valence-corrected chi connectivity index (χ3v) is 6.34. The molecule has 2 aliphatic heterocycles. The Morgan fingerprint density at radius 2 is 2.04 bits per heavy atom. The molecule has 2 saturated heterocycles. The molecule has 6 heteroatoms. The zero-order valence-corrected chi connectivity index (χ0v) is 15.8. The first kappa shape index (κ1) is 18.2. The van der Waals surface area contributed by atoms with Gasteiger partial charge in [-0.3, -0.25) is 9.69 Å². The molecule has 2 fully saturated rings. The predicted octanol–water partition coefficient (Wildman–Crippen LogP) is 2.33. The Bertz CT molecular complexity index is 781. The van der Waals surface area contributed by atoms with E-state index in [9.17, 15) is 9.90 Å². The lowest BCUT2D eigenvalue weighted by atomic mass is 9.71. The number of piperidine rings is 1. The van der Waals surface area contributed by atoms with Crippen molar-refractivity contribution in [3.63, 3.8) is 0 Å². The summed E-state index contributed by atoms with van der Waals surface area (Å²) in [4.78, 5) is 21.0. The summed E-state index contributed by atoms with van der Waals surface area (Å²) in [5.74, 6) is 0.548. The molecule has 1 N–H and O–H groups in total. The van der Waals surface area contributed by atoms with Crippen molar-refractivity contribution in [2.24, 2.45) is 11.3 Å². The lowest BCUT2D eigenvalue weighted by Gasteiger charge is -2.42. The van der Waals surface area contributed by atoms with Crippen LogP contribution in [-0.4, -0.2) is 58.6 Å². The van der Waals surface area contributed by atoms with Gasteiger partial charge in [-0.05, 0) is 30.7 Å².